The lowest BCUT2D eigenvalue weighted by atomic mass is 10.0. The number of carbonyl (C=O) groups excluding carboxylic acids is 1. The third-order valence-corrected chi connectivity index (χ3v) is 4.64. The van der Waals surface area contributed by atoms with Crippen LogP contribution in [-0.2, 0) is 9.53 Å². The maximum atomic E-state index is 14.3. The van der Waals surface area contributed by atoms with Gasteiger partial charge < -0.3 is 14.5 Å². The lowest BCUT2D eigenvalue weighted by Gasteiger charge is -2.43. The summed E-state index contributed by atoms with van der Waals surface area (Å²) in [6, 6.07) is 6.64. The molecule has 0 amide bonds. The Labute approximate surface area is 150 Å². The van der Waals surface area contributed by atoms with E-state index < -0.39 is 11.8 Å². The average molecular weight is 348 g/mol. The van der Waals surface area contributed by atoms with Gasteiger partial charge in [0.25, 0.3) is 0 Å². The molecule has 0 aliphatic carbocycles. The van der Waals surface area contributed by atoms with Crippen molar-refractivity contribution in [3.63, 3.8) is 0 Å². The van der Waals surface area contributed by atoms with Crippen molar-refractivity contribution in [2.75, 3.05) is 29.5 Å². The van der Waals surface area contributed by atoms with Crippen LogP contribution >= 0.6 is 0 Å². The van der Waals surface area contributed by atoms with E-state index in [2.05, 4.69) is 37.5 Å². The number of carbonyl (C=O) groups is 1. The van der Waals surface area contributed by atoms with Crippen LogP contribution in [0.4, 0.5) is 15.8 Å². The Morgan fingerprint density at radius 3 is 2.20 bits per heavy atom. The van der Waals surface area contributed by atoms with Crippen LogP contribution in [0.2, 0.25) is 0 Å². The summed E-state index contributed by atoms with van der Waals surface area (Å²) in [6.07, 6.45) is 0. The van der Waals surface area contributed by atoms with E-state index in [-0.39, 0.29) is 6.61 Å². The largest absolute Gasteiger partial charge is 0.461 e. The summed E-state index contributed by atoms with van der Waals surface area (Å²) in [7, 11) is 0. The molecule has 0 saturated carbocycles. The Balaban J connectivity index is 2.49. The first kappa shape index (κ1) is 19.3. The van der Waals surface area contributed by atoms with Gasteiger partial charge in [0, 0.05) is 25.2 Å². The van der Waals surface area contributed by atoms with E-state index in [4.69, 9.17) is 4.74 Å². The molecule has 1 aliphatic heterocycles. The zero-order valence-electron chi connectivity index (χ0n) is 16.1. The fourth-order valence-electron chi connectivity index (χ4n) is 3.23. The van der Waals surface area contributed by atoms with Crippen molar-refractivity contribution in [1.29, 1.82) is 0 Å². The molecule has 0 bridgehead atoms. The fraction of sp³-hybridized carbons (Fsp3) is 0.550. The molecule has 0 unspecified atom stereocenters. The number of hydrogen-bond acceptors (Lipinski definition) is 4. The highest BCUT2D eigenvalue weighted by Gasteiger charge is 2.26. The number of halogens is 1. The van der Waals surface area contributed by atoms with Crippen molar-refractivity contribution in [2.45, 2.75) is 53.6 Å². The zero-order valence-corrected chi connectivity index (χ0v) is 16.1. The van der Waals surface area contributed by atoms with Crippen LogP contribution in [0.1, 0.15) is 47.1 Å². The fourth-order valence-corrected chi connectivity index (χ4v) is 3.23. The second-order valence-electron chi connectivity index (χ2n) is 6.94. The van der Waals surface area contributed by atoms with Gasteiger partial charge in [0.05, 0.1) is 18.0 Å². The minimum atomic E-state index is -0.901. The van der Waals surface area contributed by atoms with Crippen molar-refractivity contribution in [2.24, 2.45) is 0 Å². The van der Waals surface area contributed by atoms with Gasteiger partial charge in [-0.25, -0.2) is 4.79 Å². The first-order valence-corrected chi connectivity index (χ1v) is 8.99. The monoisotopic (exact) mass is 348 g/mol. The predicted molar refractivity (Wildman–Crippen MR) is 102 cm³/mol. The van der Waals surface area contributed by atoms with Gasteiger partial charge in [-0.1, -0.05) is 6.07 Å². The molecule has 0 spiro atoms. The maximum Gasteiger partial charge on any atom is 0.367 e. The van der Waals surface area contributed by atoms with E-state index in [0.717, 1.165) is 24.5 Å². The predicted octanol–water partition coefficient (Wildman–Crippen LogP) is 4.39. The molecule has 0 saturated heterocycles. The summed E-state index contributed by atoms with van der Waals surface area (Å²) >= 11 is 0. The highest BCUT2D eigenvalue weighted by molar-refractivity contribution is 5.95. The Hall–Kier alpha value is -2.04. The molecule has 5 heteroatoms. The van der Waals surface area contributed by atoms with Crippen molar-refractivity contribution in [3.05, 3.63) is 29.6 Å². The smallest absolute Gasteiger partial charge is 0.367 e. The number of rotatable bonds is 5. The number of esters is 1. The maximum absolute atomic E-state index is 14.3. The number of fused-ring (bicyclic) bond motifs is 1. The first-order chi connectivity index (χ1) is 11.8. The van der Waals surface area contributed by atoms with Gasteiger partial charge in [-0.05, 0) is 64.8 Å². The van der Waals surface area contributed by atoms with E-state index in [1.165, 1.54) is 0 Å². The summed E-state index contributed by atoms with van der Waals surface area (Å²) in [5.74, 6) is -1.73. The van der Waals surface area contributed by atoms with Gasteiger partial charge in [-0.15, -0.1) is 0 Å². The van der Waals surface area contributed by atoms with Gasteiger partial charge in [0.2, 0.25) is 5.83 Å². The molecule has 0 radical (unpaired) electrons. The van der Waals surface area contributed by atoms with Crippen LogP contribution in [0.5, 0.6) is 0 Å². The Morgan fingerprint density at radius 2 is 1.68 bits per heavy atom. The van der Waals surface area contributed by atoms with Crippen molar-refractivity contribution >= 4 is 22.9 Å². The molecular formula is C20H29FN2O2. The van der Waals surface area contributed by atoms with Gasteiger partial charge in [0.15, 0.2) is 0 Å². The first-order valence-electron chi connectivity index (χ1n) is 8.99. The van der Waals surface area contributed by atoms with E-state index >= 15 is 0 Å². The number of allylic oxidation sites excluding steroid dienone is 1. The Kier molecular flexibility index (Phi) is 6.09. The third-order valence-electron chi connectivity index (χ3n) is 4.64. The summed E-state index contributed by atoms with van der Waals surface area (Å²) in [6.45, 7) is 14.0. The van der Waals surface area contributed by atoms with Crippen molar-refractivity contribution in [3.8, 4) is 0 Å². The van der Waals surface area contributed by atoms with Crippen LogP contribution in [0.3, 0.4) is 0 Å². The highest BCUT2D eigenvalue weighted by Crippen LogP contribution is 2.38. The Morgan fingerprint density at radius 1 is 1.12 bits per heavy atom. The summed E-state index contributed by atoms with van der Waals surface area (Å²) in [4.78, 5) is 16.4. The second-order valence-corrected chi connectivity index (χ2v) is 6.94. The van der Waals surface area contributed by atoms with Gasteiger partial charge >= 0.3 is 5.97 Å². The van der Waals surface area contributed by atoms with E-state index in [1.54, 1.807) is 13.8 Å². The Bertz CT molecular complexity index is 668. The third kappa shape index (κ3) is 3.97. The van der Waals surface area contributed by atoms with E-state index in [1.807, 2.05) is 18.2 Å². The topological polar surface area (TPSA) is 32.8 Å². The number of hydrogen-bond donors (Lipinski definition) is 0. The van der Waals surface area contributed by atoms with Crippen molar-refractivity contribution < 1.29 is 13.9 Å². The zero-order chi connectivity index (χ0) is 18.7. The molecule has 0 atom stereocenters. The van der Waals surface area contributed by atoms with E-state index in [0.29, 0.717) is 23.2 Å². The quantitative estimate of drug-likeness (QED) is 0.583. The summed E-state index contributed by atoms with van der Waals surface area (Å²) in [5, 5.41) is 0. The van der Waals surface area contributed by atoms with Gasteiger partial charge in [0.1, 0.15) is 0 Å². The van der Waals surface area contributed by atoms with Crippen molar-refractivity contribution in [1.82, 2.24) is 0 Å². The summed E-state index contributed by atoms with van der Waals surface area (Å²) in [5.41, 5.74) is 3.26. The number of anilines is 2. The molecule has 0 aromatic heterocycles. The molecule has 138 valence electrons. The van der Waals surface area contributed by atoms with Crippen LogP contribution < -0.4 is 9.80 Å². The lowest BCUT2D eigenvalue weighted by Crippen LogP contribution is -2.46. The van der Waals surface area contributed by atoms with Crippen LogP contribution in [0.15, 0.2) is 24.0 Å². The number of benzene rings is 1. The van der Waals surface area contributed by atoms with Gasteiger partial charge in [-0.3, -0.25) is 0 Å². The van der Waals surface area contributed by atoms with Gasteiger partial charge in [-0.2, -0.15) is 4.39 Å². The molecule has 1 aromatic carbocycles. The van der Waals surface area contributed by atoms with E-state index in [9.17, 15) is 9.18 Å². The molecular weight excluding hydrogens is 319 g/mol. The van der Waals surface area contributed by atoms with Crippen LogP contribution in [0.25, 0.3) is 5.57 Å². The molecule has 1 aromatic rings. The molecule has 25 heavy (non-hydrogen) atoms. The minimum Gasteiger partial charge on any atom is -0.461 e. The molecule has 4 nitrogen and oxygen atoms in total. The molecule has 2 rings (SSSR count). The standard InChI is InChI=1S/C20H29FN2O2/c1-7-25-20(24)19(21)15(6)16-8-9-17-18(12-16)23(14(4)5)11-10-22(17)13(2)3/h8-9,12-14H,7,10-11H2,1-6H3/b19-15+. The highest BCUT2D eigenvalue weighted by atomic mass is 19.1. The molecule has 0 N–H and O–H groups in total. The minimum absolute atomic E-state index is 0.161. The number of nitrogens with zero attached hydrogens (tertiary/aromatic N) is 2. The van der Waals surface area contributed by atoms with Crippen LogP contribution in [0, 0.1) is 0 Å². The second kappa shape index (κ2) is 7.89. The average Bonchev–Trinajstić information content (AvgIpc) is 2.58. The molecule has 1 heterocycles. The normalized spacial score (nSPS) is 15.4. The summed E-state index contributed by atoms with van der Waals surface area (Å²) < 4.78 is 19.1. The molecule has 1 aliphatic rings. The van der Waals surface area contributed by atoms with Crippen LogP contribution in [-0.4, -0.2) is 37.7 Å². The SMILES string of the molecule is CCOC(=O)/C(F)=C(/C)c1ccc2c(c1)N(C(C)C)CCN2C(C)C. The molecule has 0 fully saturated rings. The number of ether oxygens (including phenoxy) is 1. The lowest BCUT2D eigenvalue weighted by molar-refractivity contribution is -0.140.